The van der Waals surface area contributed by atoms with Crippen LogP contribution in [0.5, 0.6) is 5.75 Å². The molecular formula is C27H28N2O5. The summed E-state index contributed by atoms with van der Waals surface area (Å²) in [6.07, 6.45) is 0. The highest BCUT2D eigenvalue weighted by molar-refractivity contribution is 6.51. The van der Waals surface area contributed by atoms with E-state index in [1.54, 1.807) is 50.4 Å². The number of ether oxygens (including phenoxy) is 1. The smallest absolute Gasteiger partial charge is 0.300 e. The second-order valence-electron chi connectivity index (χ2n) is 8.67. The third-order valence-electron chi connectivity index (χ3n) is 6.12. The van der Waals surface area contributed by atoms with Gasteiger partial charge in [0.1, 0.15) is 29.1 Å². The fraction of sp³-hybridized carbons (Fsp3) is 0.259. The molecule has 2 heterocycles. The normalized spacial score (nSPS) is 17.4. The lowest BCUT2D eigenvalue weighted by molar-refractivity contribution is -0.132. The van der Waals surface area contributed by atoms with Gasteiger partial charge < -0.3 is 19.2 Å². The number of hydrogen-bond donors (Lipinski definition) is 1. The molecule has 7 heteroatoms. The van der Waals surface area contributed by atoms with E-state index in [2.05, 4.69) is 0 Å². The van der Waals surface area contributed by atoms with Crippen molar-refractivity contribution >= 4 is 28.8 Å². The Labute approximate surface area is 198 Å². The molecule has 0 aliphatic carbocycles. The number of Topliss-reactive ketones (excluding diaryl/α,β-unsaturated/α-hetero) is 1. The molecule has 1 aliphatic heterocycles. The second kappa shape index (κ2) is 8.74. The van der Waals surface area contributed by atoms with Gasteiger partial charge in [-0.1, -0.05) is 0 Å². The number of rotatable bonds is 5. The Morgan fingerprint density at radius 3 is 2.24 bits per heavy atom. The number of ketones is 1. The summed E-state index contributed by atoms with van der Waals surface area (Å²) in [6, 6.07) is 13.5. The zero-order valence-electron chi connectivity index (χ0n) is 20.2. The number of furan rings is 1. The molecule has 0 radical (unpaired) electrons. The van der Waals surface area contributed by atoms with Crippen molar-refractivity contribution in [1.29, 1.82) is 0 Å². The predicted molar refractivity (Wildman–Crippen MR) is 131 cm³/mol. The Bertz CT molecular complexity index is 1300. The van der Waals surface area contributed by atoms with Crippen molar-refractivity contribution in [3.05, 3.63) is 82.3 Å². The van der Waals surface area contributed by atoms with Crippen molar-refractivity contribution in [2.75, 3.05) is 31.0 Å². The maximum Gasteiger partial charge on any atom is 0.300 e. The van der Waals surface area contributed by atoms with Crippen LogP contribution in [-0.4, -0.2) is 38.0 Å². The van der Waals surface area contributed by atoms with Crippen molar-refractivity contribution in [3.63, 3.8) is 0 Å². The minimum Gasteiger partial charge on any atom is -0.507 e. The van der Waals surface area contributed by atoms with Gasteiger partial charge in [0, 0.05) is 31.0 Å². The lowest BCUT2D eigenvalue weighted by atomic mass is 9.95. The first-order chi connectivity index (χ1) is 16.1. The van der Waals surface area contributed by atoms with E-state index in [0.717, 1.165) is 16.8 Å². The number of hydrogen-bond acceptors (Lipinski definition) is 6. The molecule has 1 N–H and O–H groups in total. The molecule has 0 bridgehead atoms. The summed E-state index contributed by atoms with van der Waals surface area (Å²) in [4.78, 5) is 29.9. The van der Waals surface area contributed by atoms with Gasteiger partial charge in [0.2, 0.25) is 0 Å². The molecule has 1 fully saturated rings. The molecule has 1 aliphatic rings. The highest BCUT2D eigenvalue weighted by Gasteiger charge is 2.48. The summed E-state index contributed by atoms with van der Waals surface area (Å²) >= 11 is 0. The van der Waals surface area contributed by atoms with Crippen LogP contribution in [0.2, 0.25) is 0 Å². The van der Waals surface area contributed by atoms with Gasteiger partial charge in [-0.2, -0.15) is 0 Å². The molecule has 7 nitrogen and oxygen atoms in total. The fourth-order valence-corrected chi connectivity index (χ4v) is 4.29. The van der Waals surface area contributed by atoms with Crippen LogP contribution in [0.25, 0.3) is 5.76 Å². The highest BCUT2D eigenvalue weighted by atomic mass is 16.5. The molecule has 1 unspecified atom stereocenters. The number of benzene rings is 2. The van der Waals surface area contributed by atoms with Gasteiger partial charge in [-0.3, -0.25) is 14.5 Å². The second-order valence-corrected chi connectivity index (χ2v) is 8.67. The fourth-order valence-electron chi connectivity index (χ4n) is 4.29. The molecule has 34 heavy (non-hydrogen) atoms. The van der Waals surface area contributed by atoms with Gasteiger partial charge in [-0.15, -0.1) is 0 Å². The number of aliphatic hydroxyl groups excluding tert-OH is 1. The zero-order chi connectivity index (χ0) is 24.7. The Morgan fingerprint density at radius 2 is 1.68 bits per heavy atom. The predicted octanol–water partition coefficient (Wildman–Crippen LogP) is 4.91. The van der Waals surface area contributed by atoms with Crippen LogP contribution >= 0.6 is 0 Å². The largest absolute Gasteiger partial charge is 0.507 e. The summed E-state index contributed by atoms with van der Waals surface area (Å²) in [5, 5.41) is 11.4. The number of carbonyl (C=O) groups excluding carboxylic acids is 2. The van der Waals surface area contributed by atoms with Crippen molar-refractivity contribution < 1.29 is 23.8 Å². The quantitative estimate of drug-likeness (QED) is 0.331. The Balaban J connectivity index is 1.92. The Morgan fingerprint density at radius 1 is 1.00 bits per heavy atom. The van der Waals surface area contributed by atoms with Crippen molar-refractivity contribution in [1.82, 2.24) is 0 Å². The van der Waals surface area contributed by atoms with Gasteiger partial charge in [-0.05, 0) is 80.4 Å². The summed E-state index contributed by atoms with van der Waals surface area (Å²) in [7, 11) is 5.42. The number of nitrogens with zero attached hydrogens (tertiary/aromatic N) is 2. The molecule has 1 saturated heterocycles. The third-order valence-corrected chi connectivity index (χ3v) is 6.12. The van der Waals surface area contributed by atoms with E-state index in [4.69, 9.17) is 9.15 Å². The summed E-state index contributed by atoms with van der Waals surface area (Å²) in [6.45, 7) is 5.46. The summed E-state index contributed by atoms with van der Waals surface area (Å²) < 4.78 is 11.2. The van der Waals surface area contributed by atoms with Gasteiger partial charge in [0.05, 0.1) is 12.7 Å². The molecule has 2 aromatic carbocycles. The first-order valence-electron chi connectivity index (χ1n) is 10.9. The van der Waals surface area contributed by atoms with E-state index >= 15 is 0 Å². The van der Waals surface area contributed by atoms with Crippen LogP contribution in [0.1, 0.15) is 34.3 Å². The minimum absolute atomic E-state index is 0.0105. The number of carbonyl (C=O) groups is 2. The van der Waals surface area contributed by atoms with Gasteiger partial charge >= 0.3 is 0 Å². The molecule has 1 aromatic heterocycles. The van der Waals surface area contributed by atoms with Crippen LogP contribution in [0.15, 0.2) is 58.5 Å². The lowest BCUT2D eigenvalue weighted by Gasteiger charge is -2.24. The minimum atomic E-state index is -0.902. The Hall–Kier alpha value is -4.00. The van der Waals surface area contributed by atoms with Crippen LogP contribution < -0.4 is 14.5 Å². The molecule has 176 valence electrons. The van der Waals surface area contributed by atoms with Gasteiger partial charge in [0.15, 0.2) is 0 Å². The molecule has 0 saturated carbocycles. The Kier molecular flexibility index (Phi) is 5.96. The third kappa shape index (κ3) is 3.83. The summed E-state index contributed by atoms with van der Waals surface area (Å²) in [5.74, 6) is -0.0122. The SMILES string of the molecule is COc1cc(C)c(/C(O)=C2\C(=O)C(=O)N(c3ccc(N(C)C)cc3)C2c2ccc(C)o2)cc1C. The van der Waals surface area contributed by atoms with E-state index in [0.29, 0.717) is 28.5 Å². The zero-order valence-corrected chi connectivity index (χ0v) is 20.2. The van der Waals surface area contributed by atoms with Crippen LogP contribution in [0, 0.1) is 20.8 Å². The van der Waals surface area contributed by atoms with E-state index in [1.807, 2.05) is 45.0 Å². The molecule has 1 amide bonds. The van der Waals surface area contributed by atoms with Crippen molar-refractivity contribution in [2.24, 2.45) is 0 Å². The van der Waals surface area contributed by atoms with Gasteiger partial charge in [-0.25, -0.2) is 0 Å². The van der Waals surface area contributed by atoms with Gasteiger partial charge in [0.25, 0.3) is 11.7 Å². The van der Waals surface area contributed by atoms with Crippen molar-refractivity contribution in [3.8, 4) is 5.75 Å². The van der Waals surface area contributed by atoms with E-state index in [1.165, 1.54) is 4.90 Å². The molecule has 0 spiro atoms. The monoisotopic (exact) mass is 460 g/mol. The number of aryl methyl sites for hydroxylation is 3. The maximum atomic E-state index is 13.3. The van der Waals surface area contributed by atoms with Crippen LogP contribution in [0.4, 0.5) is 11.4 Å². The number of amides is 1. The first kappa shape index (κ1) is 23.2. The lowest BCUT2D eigenvalue weighted by Crippen LogP contribution is -2.29. The average molecular weight is 461 g/mol. The number of aliphatic hydroxyl groups is 1. The van der Waals surface area contributed by atoms with Crippen LogP contribution in [0.3, 0.4) is 0 Å². The molecule has 4 rings (SSSR count). The van der Waals surface area contributed by atoms with Crippen molar-refractivity contribution in [2.45, 2.75) is 26.8 Å². The first-order valence-corrected chi connectivity index (χ1v) is 10.9. The van der Waals surface area contributed by atoms with E-state index < -0.39 is 17.7 Å². The molecule has 3 aromatic rings. The van der Waals surface area contributed by atoms with E-state index in [9.17, 15) is 14.7 Å². The van der Waals surface area contributed by atoms with Crippen LogP contribution in [-0.2, 0) is 9.59 Å². The maximum absolute atomic E-state index is 13.3. The standard InChI is InChI=1S/C27H28N2O5/c1-15-14-22(33-6)16(2)13-20(15)25(30)23-24(21-12-7-17(3)34-21)29(27(32)26(23)31)19-10-8-18(9-11-19)28(4)5/h7-14,24,30H,1-6H3/b25-23+. The highest BCUT2D eigenvalue weighted by Crippen LogP contribution is 2.43. The molecule has 1 atom stereocenters. The molecular weight excluding hydrogens is 432 g/mol. The van der Waals surface area contributed by atoms with E-state index in [-0.39, 0.29) is 11.3 Å². The number of methoxy groups -OCH3 is 1. The number of anilines is 2. The topological polar surface area (TPSA) is 83.2 Å². The summed E-state index contributed by atoms with van der Waals surface area (Å²) in [5.41, 5.74) is 3.46. The average Bonchev–Trinajstić information content (AvgIpc) is 3.35.